The molecule has 1 aliphatic rings. The zero-order chi connectivity index (χ0) is 15.6. The smallest absolute Gasteiger partial charge is 0.323 e. The summed E-state index contributed by atoms with van der Waals surface area (Å²) < 4.78 is 5.63. The molecular weight excluding hydrogens is 266 g/mol. The minimum atomic E-state index is -0.744. The standard InChI is InChI=1S/C17H33NO3/c1-3-5-6-7-8-13-21-14-9-12-17(4-2,16(19)20)18-15-10-11-15/h15,18H,3-14H2,1-2H3,(H,19,20). The van der Waals surface area contributed by atoms with Crippen LogP contribution in [0, 0.1) is 0 Å². The highest BCUT2D eigenvalue weighted by Crippen LogP contribution is 2.27. The van der Waals surface area contributed by atoms with Gasteiger partial charge in [0.05, 0.1) is 0 Å². The molecule has 21 heavy (non-hydrogen) atoms. The zero-order valence-electron chi connectivity index (χ0n) is 13.8. The van der Waals surface area contributed by atoms with Crippen molar-refractivity contribution < 1.29 is 14.6 Å². The number of hydrogen-bond acceptors (Lipinski definition) is 3. The lowest BCUT2D eigenvalue weighted by Crippen LogP contribution is -2.52. The Balaban J connectivity index is 2.11. The summed E-state index contributed by atoms with van der Waals surface area (Å²) in [6.07, 6.45) is 10.6. The third kappa shape index (κ3) is 7.28. The molecule has 4 nitrogen and oxygen atoms in total. The molecule has 0 spiro atoms. The van der Waals surface area contributed by atoms with Crippen LogP contribution in [0.4, 0.5) is 0 Å². The molecule has 0 heterocycles. The lowest BCUT2D eigenvalue weighted by atomic mass is 9.90. The Labute approximate surface area is 129 Å². The van der Waals surface area contributed by atoms with Crippen LogP contribution in [0.3, 0.4) is 0 Å². The van der Waals surface area contributed by atoms with Crippen LogP contribution >= 0.6 is 0 Å². The van der Waals surface area contributed by atoms with Crippen molar-refractivity contribution in [3.8, 4) is 0 Å². The first kappa shape index (κ1) is 18.4. The van der Waals surface area contributed by atoms with Crippen LogP contribution in [0.5, 0.6) is 0 Å². The Morgan fingerprint density at radius 1 is 1.14 bits per heavy atom. The third-order valence-electron chi connectivity index (χ3n) is 4.36. The van der Waals surface area contributed by atoms with Gasteiger partial charge in [-0.05, 0) is 38.5 Å². The highest BCUT2D eigenvalue weighted by atomic mass is 16.5. The second-order valence-electron chi connectivity index (χ2n) is 6.29. The van der Waals surface area contributed by atoms with Crippen LogP contribution in [-0.2, 0) is 9.53 Å². The fourth-order valence-corrected chi connectivity index (χ4v) is 2.68. The zero-order valence-corrected chi connectivity index (χ0v) is 13.8. The average Bonchev–Trinajstić information content (AvgIpc) is 3.28. The number of carboxylic acids is 1. The summed E-state index contributed by atoms with van der Waals surface area (Å²) in [5, 5.41) is 12.8. The first-order valence-corrected chi connectivity index (χ1v) is 8.73. The van der Waals surface area contributed by atoms with Crippen molar-refractivity contribution in [2.75, 3.05) is 13.2 Å². The predicted molar refractivity (Wildman–Crippen MR) is 85.6 cm³/mol. The van der Waals surface area contributed by atoms with Crippen molar-refractivity contribution in [2.24, 2.45) is 0 Å². The van der Waals surface area contributed by atoms with Gasteiger partial charge in [0.1, 0.15) is 5.54 Å². The maximum Gasteiger partial charge on any atom is 0.323 e. The van der Waals surface area contributed by atoms with Crippen molar-refractivity contribution >= 4 is 5.97 Å². The summed E-state index contributed by atoms with van der Waals surface area (Å²) in [6, 6.07) is 0.417. The fraction of sp³-hybridized carbons (Fsp3) is 0.941. The van der Waals surface area contributed by atoms with Crippen LogP contribution < -0.4 is 5.32 Å². The van der Waals surface area contributed by atoms with Gasteiger partial charge in [-0.25, -0.2) is 0 Å². The molecule has 0 aromatic carbocycles. The molecule has 0 bridgehead atoms. The van der Waals surface area contributed by atoms with E-state index in [0.29, 0.717) is 25.5 Å². The van der Waals surface area contributed by atoms with Crippen LogP contribution in [0.15, 0.2) is 0 Å². The van der Waals surface area contributed by atoms with Gasteiger partial charge in [0.15, 0.2) is 0 Å². The maximum absolute atomic E-state index is 11.6. The van der Waals surface area contributed by atoms with Gasteiger partial charge in [0, 0.05) is 19.3 Å². The van der Waals surface area contributed by atoms with E-state index in [9.17, 15) is 9.90 Å². The second kappa shape index (κ2) is 10.2. The van der Waals surface area contributed by atoms with E-state index >= 15 is 0 Å². The Morgan fingerprint density at radius 3 is 2.38 bits per heavy atom. The normalized spacial score (nSPS) is 17.6. The van der Waals surface area contributed by atoms with E-state index in [2.05, 4.69) is 12.2 Å². The van der Waals surface area contributed by atoms with Crippen molar-refractivity contribution in [3.05, 3.63) is 0 Å². The summed E-state index contributed by atoms with van der Waals surface area (Å²) in [4.78, 5) is 11.6. The Morgan fingerprint density at radius 2 is 1.81 bits per heavy atom. The molecule has 1 rings (SSSR count). The molecule has 0 amide bonds. The van der Waals surface area contributed by atoms with Gasteiger partial charge >= 0.3 is 5.97 Å². The van der Waals surface area contributed by atoms with E-state index in [0.717, 1.165) is 32.3 Å². The van der Waals surface area contributed by atoms with Crippen LogP contribution in [0.1, 0.15) is 78.1 Å². The maximum atomic E-state index is 11.6. The van der Waals surface area contributed by atoms with E-state index < -0.39 is 11.5 Å². The van der Waals surface area contributed by atoms with Gasteiger partial charge in [-0.2, -0.15) is 0 Å². The first-order chi connectivity index (χ1) is 10.1. The molecule has 0 aromatic heterocycles. The molecule has 1 unspecified atom stereocenters. The van der Waals surface area contributed by atoms with E-state index in [1.807, 2.05) is 6.92 Å². The van der Waals surface area contributed by atoms with E-state index in [1.54, 1.807) is 0 Å². The average molecular weight is 299 g/mol. The third-order valence-corrected chi connectivity index (χ3v) is 4.36. The molecule has 1 fully saturated rings. The van der Waals surface area contributed by atoms with Crippen molar-refractivity contribution in [2.45, 2.75) is 89.6 Å². The number of ether oxygens (including phenoxy) is 1. The molecule has 1 aliphatic carbocycles. The number of rotatable bonds is 14. The van der Waals surface area contributed by atoms with Crippen LogP contribution in [0.25, 0.3) is 0 Å². The number of hydrogen-bond donors (Lipinski definition) is 2. The summed E-state index contributed by atoms with van der Waals surface area (Å²) in [7, 11) is 0. The highest BCUT2D eigenvalue weighted by Gasteiger charge is 2.40. The van der Waals surface area contributed by atoms with Gasteiger partial charge in [-0.1, -0.05) is 39.5 Å². The number of unbranched alkanes of at least 4 members (excludes halogenated alkanes) is 4. The van der Waals surface area contributed by atoms with E-state index in [1.165, 1.54) is 25.7 Å². The summed E-state index contributed by atoms with van der Waals surface area (Å²) >= 11 is 0. The highest BCUT2D eigenvalue weighted by molar-refractivity contribution is 5.78. The van der Waals surface area contributed by atoms with Gasteiger partial charge in [-0.3, -0.25) is 10.1 Å². The van der Waals surface area contributed by atoms with Crippen molar-refractivity contribution in [1.29, 1.82) is 0 Å². The molecule has 124 valence electrons. The quantitative estimate of drug-likeness (QED) is 0.480. The SMILES string of the molecule is CCCCCCCOCCCC(CC)(NC1CC1)C(=O)O. The molecule has 2 N–H and O–H groups in total. The molecule has 0 saturated heterocycles. The molecule has 1 atom stereocenters. The first-order valence-electron chi connectivity index (χ1n) is 8.73. The minimum Gasteiger partial charge on any atom is -0.480 e. The molecular formula is C17H33NO3. The van der Waals surface area contributed by atoms with Gasteiger partial charge in [0.25, 0.3) is 0 Å². The fourth-order valence-electron chi connectivity index (χ4n) is 2.68. The minimum absolute atomic E-state index is 0.417. The topological polar surface area (TPSA) is 58.6 Å². The summed E-state index contributed by atoms with van der Waals surface area (Å²) in [5.74, 6) is -0.712. The molecule has 1 saturated carbocycles. The number of carbonyl (C=O) groups is 1. The monoisotopic (exact) mass is 299 g/mol. The number of carboxylic acid groups (broad SMARTS) is 1. The molecule has 4 heteroatoms. The second-order valence-corrected chi connectivity index (χ2v) is 6.29. The van der Waals surface area contributed by atoms with Gasteiger partial charge in [0.2, 0.25) is 0 Å². The van der Waals surface area contributed by atoms with Gasteiger partial charge in [-0.15, -0.1) is 0 Å². The molecule has 0 aromatic rings. The van der Waals surface area contributed by atoms with E-state index in [-0.39, 0.29) is 0 Å². The van der Waals surface area contributed by atoms with Crippen LogP contribution in [-0.4, -0.2) is 35.9 Å². The summed E-state index contributed by atoms with van der Waals surface area (Å²) in [6.45, 7) is 5.66. The van der Waals surface area contributed by atoms with Crippen molar-refractivity contribution in [3.63, 3.8) is 0 Å². The Hall–Kier alpha value is -0.610. The van der Waals surface area contributed by atoms with Gasteiger partial charge < -0.3 is 9.84 Å². The number of aliphatic carboxylic acids is 1. The Kier molecular flexibility index (Phi) is 8.93. The van der Waals surface area contributed by atoms with E-state index in [4.69, 9.17) is 4.74 Å². The molecule has 0 radical (unpaired) electrons. The lowest BCUT2D eigenvalue weighted by molar-refractivity contribution is -0.145. The van der Waals surface area contributed by atoms with Crippen LogP contribution in [0.2, 0.25) is 0 Å². The Bertz CT molecular complexity index is 292. The number of nitrogens with one attached hydrogen (secondary N) is 1. The molecule has 0 aliphatic heterocycles. The van der Waals surface area contributed by atoms with Crippen molar-refractivity contribution in [1.82, 2.24) is 5.32 Å². The summed E-state index contributed by atoms with van der Waals surface area (Å²) in [5.41, 5.74) is -0.744. The predicted octanol–water partition coefficient (Wildman–Crippen LogP) is 3.74. The lowest BCUT2D eigenvalue weighted by Gasteiger charge is -2.29. The largest absolute Gasteiger partial charge is 0.480 e.